The molecule has 0 heterocycles. The molecule has 1 aliphatic carbocycles. The Morgan fingerprint density at radius 3 is 2.36 bits per heavy atom. The first-order valence-electron chi connectivity index (χ1n) is 12.6. The molecule has 1 aliphatic rings. The second-order valence-corrected chi connectivity index (χ2v) is 9.58. The molecule has 0 amide bonds. The normalized spacial score (nSPS) is 18.0. The van der Waals surface area contributed by atoms with Gasteiger partial charge in [-0.25, -0.2) is 4.39 Å². The van der Waals surface area contributed by atoms with Gasteiger partial charge in [0.25, 0.3) is 0 Å². The number of aryl methyl sites for hydroxylation is 2. The molecular weight excluding hydrogens is 403 g/mol. The molecule has 0 radical (unpaired) electrons. The summed E-state index contributed by atoms with van der Waals surface area (Å²) >= 11 is 0. The van der Waals surface area contributed by atoms with Crippen LogP contribution < -0.4 is 0 Å². The largest absolute Gasteiger partial charge is 0.206 e. The maximum atomic E-state index is 15.2. The van der Waals surface area contributed by atoms with Crippen LogP contribution in [0, 0.1) is 29.5 Å². The highest BCUT2D eigenvalue weighted by Gasteiger charge is 2.19. The summed E-state index contributed by atoms with van der Waals surface area (Å²) in [7, 11) is 0. The van der Waals surface area contributed by atoms with E-state index in [1.807, 2.05) is 24.3 Å². The molecule has 33 heavy (non-hydrogen) atoms. The van der Waals surface area contributed by atoms with E-state index >= 15 is 4.39 Å². The molecule has 0 atom stereocenters. The molecule has 3 aromatic carbocycles. The number of fused-ring (bicyclic) bond motifs is 1. The van der Waals surface area contributed by atoms with Crippen LogP contribution in [-0.4, -0.2) is 0 Å². The highest BCUT2D eigenvalue weighted by atomic mass is 19.1. The summed E-state index contributed by atoms with van der Waals surface area (Å²) < 4.78 is 15.2. The number of unbranched alkanes of at least 4 members (excludes halogenated alkanes) is 1. The fraction of sp³-hybridized carbons (Fsp3) is 0.375. The predicted molar refractivity (Wildman–Crippen MR) is 139 cm³/mol. The van der Waals surface area contributed by atoms with Crippen molar-refractivity contribution in [2.24, 2.45) is 11.8 Å². The van der Waals surface area contributed by atoms with Crippen LogP contribution in [0.15, 0.2) is 67.3 Å². The minimum Gasteiger partial charge on any atom is -0.206 e. The molecule has 0 spiro atoms. The van der Waals surface area contributed by atoms with E-state index in [0.717, 1.165) is 47.3 Å². The third-order valence-electron chi connectivity index (χ3n) is 7.20. The SMILES string of the molecule is C=CC1CCC(CCc2ccc3cc(C#Cc4ccc(CCCC)cc4)ccc3c2F)CC1. The Balaban J connectivity index is 1.42. The zero-order valence-electron chi connectivity index (χ0n) is 19.9. The van der Waals surface area contributed by atoms with E-state index in [1.165, 1.54) is 44.1 Å². The number of hydrogen-bond donors (Lipinski definition) is 0. The van der Waals surface area contributed by atoms with E-state index in [1.54, 1.807) is 0 Å². The van der Waals surface area contributed by atoms with Crippen molar-refractivity contribution in [2.45, 2.75) is 64.7 Å². The smallest absolute Gasteiger partial charge is 0.134 e. The highest BCUT2D eigenvalue weighted by molar-refractivity contribution is 5.85. The molecule has 0 aliphatic heterocycles. The van der Waals surface area contributed by atoms with Crippen molar-refractivity contribution in [1.29, 1.82) is 0 Å². The Morgan fingerprint density at radius 2 is 1.64 bits per heavy atom. The monoisotopic (exact) mass is 438 g/mol. The molecule has 1 saturated carbocycles. The van der Waals surface area contributed by atoms with Crippen molar-refractivity contribution in [3.05, 3.63) is 95.3 Å². The van der Waals surface area contributed by atoms with Crippen LogP contribution in [0.25, 0.3) is 10.8 Å². The molecule has 0 aromatic heterocycles. The van der Waals surface area contributed by atoms with Crippen molar-refractivity contribution in [2.75, 3.05) is 0 Å². The summed E-state index contributed by atoms with van der Waals surface area (Å²) in [4.78, 5) is 0. The summed E-state index contributed by atoms with van der Waals surface area (Å²) in [6, 6.07) is 18.4. The Hall–Kier alpha value is -2.85. The van der Waals surface area contributed by atoms with Crippen LogP contribution in [0.2, 0.25) is 0 Å². The molecule has 1 fully saturated rings. The summed E-state index contributed by atoms with van der Waals surface area (Å²) in [5.74, 6) is 7.83. The van der Waals surface area contributed by atoms with Gasteiger partial charge in [-0.2, -0.15) is 0 Å². The second-order valence-electron chi connectivity index (χ2n) is 9.58. The maximum Gasteiger partial charge on any atom is 0.134 e. The van der Waals surface area contributed by atoms with E-state index in [9.17, 15) is 0 Å². The minimum atomic E-state index is -0.0607. The molecule has 4 rings (SSSR count). The van der Waals surface area contributed by atoms with Gasteiger partial charge in [-0.1, -0.05) is 61.6 Å². The summed E-state index contributed by atoms with van der Waals surface area (Å²) in [6.45, 7) is 6.15. The second kappa shape index (κ2) is 11.3. The zero-order valence-corrected chi connectivity index (χ0v) is 19.9. The molecule has 170 valence electrons. The quantitative estimate of drug-likeness (QED) is 0.256. The fourth-order valence-corrected chi connectivity index (χ4v) is 4.96. The molecule has 0 N–H and O–H groups in total. The predicted octanol–water partition coefficient (Wildman–Crippen LogP) is 8.65. The van der Waals surface area contributed by atoms with Crippen LogP contribution in [0.3, 0.4) is 0 Å². The first-order chi connectivity index (χ1) is 16.2. The van der Waals surface area contributed by atoms with Gasteiger partial charge < -0.3 is 0 Å². The third kappa shape index (κ3) is 6.14. The first kappa shape index (κ1) is 23.3. The van der Waals surface area contributed by atoms with Gasteiger partial charge in [0, 0.05) is 16.5 Å². The number of rotatable bonds is 7. The van der Waals surface area contributed by atoms with E-state index in [0.29, 0.717) is 11.3 Å². The van der Waals surface area contributed by atoms with Gasteiger partial charge in [-0.15, -0.1) is 6.58 Å². The molecule has 0 unspecified atom stereocenters. The van der Waals surface area contributed by atoms with Gasteiger partial charge in [-0.05, 0) is 104 Å². The molecule has 1 heteroatoms. The zero-order chi connectivity index (χ0) is 23.0. The van der Waals surface area contributed by atoms with Crippen molar-refractivity contribution in [3.63, 3.8) is 0 Å². The molecule has 3 aromatic rings. The standard InChI is InChI=1S/C32H35F/c1-3-5-6-25-11-13-26(14-12-25)15-16-28-18-22-31-30(23-28)21-20-29(32(31)33)19-17-27-9-7-24(4-2)8-10-27/h4,11-14,18,20-24,27H,2-3,5-10,17,19H2,1H3. The van der Waals surface area contributed by atoms with Gasteiger partial charge >= 0.3 is 0 Å². The lowest BCUT2D eigenvalue weighted by molar-refractivity contribution is 0.295. The number of halogens is 1. The summed E-state index contributed by atoms with van der Waals surface area (Å²) in [5.41, 5.74) is 4.14. The Morgan fingerprint density at radius 1 is 0.909 bits per heavy atom. The lowest BCUT2D eigenvalue weighted by atomic mass is 9.79. The van der Waals surface area contributed by atoms with Crippen LogP contribution in [-0.2, 0) is 12.8 Å². The third-order valence-corrected chi connectivity index (χ3v) is 7.20. The highest BCUT2D eigenvalue weighted by Crippen LogP contribution is 2.33. The number of benzene rings is 3. The van der Waals surface area contributed by atoms with Gasteiger partial charge in [0.2, 0.25) is 0 Å². The van der Waals surface area contributed by atoms with Crippen LogP contribution in [0.5, 0.6) is 0 Å². The number of hydrogen-bond acceptors (Lipinski definition) is 0. The Labute approximate surface area is 198 Å². The number of allylic oxidation sites excluding steroid dienone is 1. The topological polar surface area (TPSA) is 0 Å². The lowest BCUT2D eigenvalue weighted by Crippen LogP contribution is -2.13. The molecular formula is C32H35F. The molecule has 0 nitrogen and oxygen atoms in total. The molecule has 0 saturated heterocycles. The van der Waals surface area contributed by atoms with E-state index in [2.05, 4.69) is 61.8 Å². The van der Waals surface area contributed by atoms with Crippen LogP contribution >= 0.6 is 0 Å². The van der Waals surface area contributed by atoms with Crippen molar-refractivity contribution < 1.29 is 4.39 Å². The van der Waals surface area contributed by atoms with E-state index < -0.39 is 0 Å². The first-order valence-corrected chi connectivity index (χ1v) is 12.6. The minimum absolute atomic E-state index is 0.0607. The van der Waals surface area contributed by atoms with Crippen molar-refractivity contribution >= 4 is 10.8 Å². The fourth-order valence-electron chi connectivity index (χ4n) is 4.96. The summed E-state index contributed by atoms with van der Waals surface area (Å²) in [6.07, 6.45) is 12.5. The average Bonchev–Trinajstić information content (AvgIpc) is 2.86. The van der Waals surface area contributed by atoms with Gasteiger partial charge in [0.1, 0.15) is 5.82 Å². The summed E-state index contributed by atoms with van der Waals surface area (Å²) in [5, 5.41) is 1.62. The Bertz CT molecular complexity index is 1130. The lowest BCUT2D eigenvalue weighted by Gasteiger charge is -2.26. The van der Waals surface area contributed by atoms with E-state index in [4.69, 9.17) is 0 Å². The Kier molecular flexibility index (Phi) is 8.01. The van der Waals surface area contributed by atoms with Crippen LogP contribution in [0.4, 0.5) is 4.39 Å². The molecule has 0 bridgehead atoms. The van der Waals surface area contributed by atoms with Crippen molar-refractivity contribution in [1.82, 2.24) is 0 Å². The maximum absolute atomic E-state index is 15.2. The van der Waals surface area contributed by atoms with Crippen molar-refractivity contribution in [3.8, 4) is 11.8 Å². The van der Waals surface area contributed by atoms with Crippen LogP contribution in [0.1, 0.15) is 74.1 Å². The van der Waals surface area contributed by atoms with Gasteiger partial charge in [0.15, 0.2) is 0 Å². The van der Waals surface area contributed by atoms with Gasteiger partial charge in [-0.3, -0.25) is 0 Å². The van der Waals surface area contributed by atoms with E-state index in [-0.39, 0.29) is 5.82 Å². The van der Waals surface area contributed by atoms with Gasteiger partial charge in [0.05, 0.1) is 0 Å². The average molecular weight is 439 g/mol.